The Bertz CT molecular complexity index is 421. The molecule has 7 heteroatoms. The average molecular weight is 265 g/mol. The number of likely N-dealkylation sites (N-methyl/N-ethyl adjacent to an activating group) is 1. The van der Waals surface area contributed by atoms with E-state index in [0.29, 0.717) is 6.07 Å². The number of aromatic hydroxyl groups is 1. The average Bonchev–Trinajstić information content (AvgIpc) is 2.26. The molecule has 0 spiro atoms. The van der Waals surface area contributed by atoms with Crippen LogP contribution in [0.15, 0.2) is 12.1 Å². The topological polar surface area (TPSA) is 61.7 Å². The summed E-state index contributed by atoms with van der Waals surface area (Å²) in [5, 5.41) is 22.0. The van der Waals surface area contributed by atoms with E-state index in [2.05, 4.69) is 5.32 Å². The summed E-state index contributed by atoms with van der Waals surface area (Å²) in [5.74, 6) is -0.852. The summed E-state index contributed by atoms with van der Waals surface area (Å²) in [6.45, 7) is 0.0787. The maximum atomic E-state index is 12.5. The van der Waals surface area contributed by atoms with Crippen molar-refractivity contribution >= 4 is 0 Å². The predicted molar refractivity (Wildman–Crippen MR) is 58.5 cm³/mol. The zero-order chi connectivity index (χ0) is 13.9. The quantitative estimate of drug-likeness (QED) is 0.775. The van der Waals surface area contributed by atoms with Crippen molar-refractivity contribution in [1.29, 1.82) is 0 Å². The Morgan fingerprint density at radius 2 is 2.00 bits per heavy atom. The Morgan fingerprint density at radius 3 is 2.44 bits per heavy atom. The molecule has 3 N–H and O–H groups in total. The van der Waals surface area contributed by atoms with Gasteiger partial charge in [0.15, 0.2) is 0 Å². The highest BCUT2D eigenvalue weighted by Crippen LogP contribution is 2.40. The number of benzene rings is 1. The maximum Gasteiger partial charge on any atom is 0.416 e. The molecule has 0 saturated heterocycles. The highest BCUT2D eigenvalue weighted by molar-refractivity contribution is 5.49. The Balaban J connectivity index is 3.28. The number of phenols is 1. The minimum absolute atomic E-state index is 0.0696. The molecular formula is C11H14F3NO3. The molecule has 0 heterocycles. The van der Waals surface area contributed by atoms with E-state index in [1.54, 1.807) is 7.05 Å². The maximum absolute atomic E-state index is 12.5. The monoisotopic (exact) mass is 265 g/mol. The number of aliphatic hydroxyl groups is 1. The number of halogens is 3. The molecule has 4 nitrogen and oxygen atoms in total. The fourth-order valence-electron chi connectivity index (χ4n) is 1.57. The van der Waals surface area contributed by atoms with Gasteiger partial charge in [0.25, 0.3) is 0 Å². The van der Waals surface area contributed by atoms with Gasteiger partial charge < -0.3 is 20.3 Å². The van der Waals surface area contributed by atoms with Crippen LogP contribution in [0.25, 0.3) is 0 Å². The van der Waals surface area contributed by atoms with E-state index in [1.165, 1.54) is 7.11 Å². The Kier molecular flexibility index (Phi) is 4.42. The Morgan fingerprint density at radius 1 is 1.39 bits per heavy atom. The van der Waals surface area contributed by atoms with Crippen LogP contribution < -0.4 is 10.1 Å². The number of rotatable bonds is 4. The van der Waals surface area contributed by atoms with Gasteiger partial charge in [-0.05, 0) is 19.2 Å². The minimum Gasteiger partial charge on any atom is -0.507 e. The van der Waals surface area contributed by atoms with E-state index in [1.807, 2.05) is 0 Å². The second-order valence-electron chi connectivity index (χ2n) is 3.68. The van der Waals surface area contributed by atoms with Crippen LogP contribution in [-0.2, 0) is 6.18 Å². The van der Waals surface area contributed by atoms with Crippen molar-refractivity contribution in [2.75, 3.05) is 20.7 Å². The summed E-state index contributed by atoms with van der Waals surface area (Å²) in [6.07, 6.45) is -5.75. The largest absolute Gasteiger partial charge is 0.507 e. The van der Waals surface area contributed by atoms with Gasteiger partial charge in [0.1, 0.15) is 11.5 Å². The van der Waals surface area contributed by atoms with Gasteiger partial charge in [-0.1, -0.05) is 0 Å². The second-order valence-corrected chi connectivity index (χ2v) is 3.68. The van der Waals surface area contributed by atoms with Crippen LogP contribution in [0.5, 0.6) is 11.5 Å². The Labute approximate surface area is 102 Å². The molecular weight excluding hydrogens is 251 g/mol. The lowest BCUT2D eigenvalue weighted by Crippen LogP contribution is -2.18. The first kappa shape index (κ1) is 14.6. The van der Waals surface area contributed by atoms with E-state index in [4.69, 9.17) is 4.74 Å². The van der Waals surface area contributed by atoms with Crippen molar-refractivity contribution < 1.29 is 28.1 Å². The van der Waals surface area contributed by atoms with Gasteiger partial charge >= 0.3 is 6.18 Å². The van der Waals surface area contributed by atoms with Gasteiger partial charge in [-0.25, -0.2) is 0 Å². The standard InChI is InChI=1S/C11H14F3NO3/c1-15-5-8(17)10-7(16)3-6(11(12,13)14)4-9(10)18-2/h3-4,8,15-17H,5H2,1-2H3. The summed E-state index contributed by atoms with van der Waals surface area (Å²) in [7, 11) is 2.74. The van der Waals surface area contributed by atoms with Gasteiger partial charge in [0, 0.05) is 6.54 Å². The third kappa shape index (κ3) is 3.05. The van der Waals surface area contributed by atoms with E-state index in [-0.39, 0.29) is 17.9 Å². The third-order valence-corrected chi connectivity index (χ3v) is 2.40. The zero-order valence-electron chi connectivity index (χ0n) is 9.88. The fraction of sp³-hybridized carbons (Fsp3) is 0.455. The third-order valence-electron chi connectivity index (χ3n) is 2.40. The molecule has 1 aromatic carbocycles. The minimum atomic E-state index is -4.59. The van der Waals surface area contributed by atoms with Crippen LogP contribution in [0.2, 0.25) is 0 Å². The van der Waals surface area contributed by atoms with Crippen LogP contribution in [0.3, 0.4) is 0 Å². The van der Waals surface area contributed by atoms with Crippen molar-refractivity contribution in [2.24, 2.45) is 0 Å². The Hall–Kier alpha value is -1.47. The molecule has 0 fully saturated rings. The first-order valence-corrected chi connectivity index (χ1v) is 5.12. The predicted octanol–water partition coefficient (Wildman–Crippen LogP) is 1.67. The van der Waals surface area contributed by atoms with E-state index < -0.39 is 23.6 Å². The highest BCUT2D eigenvalue weighted by Gasteiger charge is 2.33. The van der Waals surface area contributed by atoms with Crippen LogP contribution in [0.1, 0.15) is 17.2 Å². The van der Waals surface area contributed by atoms with E-state index in [0.717, 1.165) is 6.07 Å². The molecule has 0 radical (unpaired) electrons. The summed E-state index contributed by atoms with van der Waals surface area (Å²) in [6, 6.07) is 1.31. The van der Waals surface area contributed by atoms with Crippen LogP contribution in [0.4, 0.5) is 13.2 Å². The number of methoxy groups -OCH3 is 1. The number of phenolic OH excluding ortho intramolecular Hbond substituents is 1. The van der Waals surface area contributed by atoms with E-state index >= 15 is 0 Å². The summed E-state index contributed by atoms with van der Waals surface area (Å²) < 4.78 is 42.4. The molecule has 1 rings (SSSR count). The van der Waals surface area contributed by atoms with Crippen molar-refractivity contribution in [2.45, 2.75) is 12.3 Å². The van der Waals surface area contributed by atoms with Gasteiger partial charge in [-0.15, -0.1) is 0 Å². The van der Waals surface area contributed by atoms with E-state index in [9.17, 15) is 23.4 Å². The second kappa shape index (κ2) is 5.45. The number of alkyl halides is 3. The molecule has 18 heavy (non-hydrogen) atoms. The van der Waals surface area contributed by atoms with Crippen LogP contribution >= 0.6 is 0 Å². The summed E-state index contributed by atoms with van der Waals surface area (Å²) in [5.41, 5.74) is -1.10. The number of aliphatic hydroxyl groups excluding tert-OH is 1. The molecule has 102 valence electrons. The lowest BCUT2D eigenvalue weighted by atomic mass is 10.0. The number of ether oxygens (including phenoxy) is 1. The molecule has 0 bridgehead atoms. The van der Waals surface area contributed by atoms with Gasteiger partial charge in [-0.3, -0.25) is 0 Å². The summed E-state index contributed by atoms with van der Waals surface area (Å²) in [4.78, 5) is 0. The number of hydrogen-bond donors (Lipinski definition) is 3. The molecule has 0 amide bonds. The first-order valence-electron chi connectivity index (χ1n) is 5.12. The fourth-order valence-corrected chi connectivity index (χ4v) is 1.57. The zero-order valence-corrected chi connectivity index (χ0v) is 9.88. The van der Waals surface area contributed by atoms with Gasteiger partial charge in [0.05, 0.1) is 24.3 Å². The van der Waals surface area contributed by atoms with Crippen LogP contribution in [0, 0.1) is 0 Å². The molecule has 0 aliphatic heterocycles. The van der Waals surface area contributed by atoms with Gasteiger partial charge in [-0.2, -0.15) is 13.2 Å². The first-order chi connectivity index (χ1) is 8.31. The SMILES string of the molecule is CNCC(O)c1c(O)cc(C(F)(F)F)cc1OC. The molecule has 0 aromatic heterocycles. The van der Waals surface area contributed by atoms with Crippen LogP contribution in [-0.4, -0.2) is 30.9 Å². The molecule has 0 saturated carbocycles. The lowest BCUT2D eigenvalue weighted by molar-refractivity contribution is -0.137. The molecule has 1 aromatic rings. The highest BCUT2D eigenvalue weighted by atomic mass is 19.4. The molecule has 1 atom stereocenters. The van der Waals surface area contributed by atoms with Crippen molar-refractivity contribution in [1.82, 2.24) is 5.32 Å². The molecule has 0 aliphatic rings. The number of hydrogen-bond acceptors (Lipinski definition) is 4. The smallest absolute Gasteiger partial charge is 0.416 e. The normalized spacial score (nSPS) is 13.4. The van der Waals surface area contributed by atoms with Crippen molar-refractivity contribution in [3.05, 3.63) is 23.3 Å². The summed E-state index contributed by atoms with van der Waals surface area (Å²) >= 11 is 0. The van der Waals surface area contributed by atoms with Gasteiger partial charge in [0.2, 0.25) is 0 Å². The lowest BCUT2D eigenvalue weighted by Gasteiger charge is -2.18. The number of nitrogens with one attached hydrogen (secondary N) is 1. The van der Waals surface area contributed by atoms with Crippen molar-refractivity contribution in [3.8, 4) is 11.5 Å². The van der Waals surface area contributed by atoms with Crippen molar-refractivity contribution in [3.63, 3.8) is 0 Å². The molecule has 0 aliphatic carbocycles. The molecule has 1 unspecified atom stereocenters.